The number of anilines is 1. The van der Waals surface area contributed by atoms with E-state index in [0.717, 1.165) is 5.56 Å². The van der Waals surface area contributed by atoms with Crippen molar-refractivity contribution in [2.75, 3.05) is 11.1 Å². The SMILES string of the molecule is Cc1ccc(Cn2cc(CO)nc2SCC(=O)Nc2nccs2)cc1. The number of benzene rings is 1. The first-order valence-electron chi connectivity index (χ1n) is 7.68. The predicted molar refractivity (Wildman–Crippen MR) is 99.9 cm³/mol. The van der Waals surface area contributed by atoms with Crippen LogP contribution in [0.5, 0.6) is 0 Å². The smallest absolute Gasteiger partial charge is 0.236 e. The van der Waals surface area contributed by atoms with Gasteiger partial charge in [0.1, 0.15) is 0 Å². The molecule has 0 atom stereocenters. The van der Waals surface area contributed by atoms with E-state index >= 15 is 0 Å². The topological polar surface area (TPSA) is 80.0 Å². The molecule has 0 aliphatic carbocycles. The zero-order valence-electron chi connectivity index (χ0n) is 13.7. The third-order valence-corrected chi connectivity index (χ3v) is 5.12. The number of aliphatic hydroxyl groups excluding tert-OH is 1. The maximum atomic E-state index is 12.0. The molecule has 3 aromatic rings. The summed E-state index contributed by atoms with van der Waals surface area (Å²) in [5.41, 5.74) is 2.94. The van der Waals surface area contributed by atoms with Crippen molar-refractivity contribution in [3.63, 3.8) is 0 Å². The van der Waals surface area contributed by atoms with Gasteiger partial charge in [-0.2, -0.15) is 0 Å². The average molecular weight is 374 g/mol. The quantitative estimate of drug-likeness (QED) is 0.622. The summed E-state index contributed by atoms with van der Waals surface area (Å²) in [5.74, 6) is 0.102. The highest BCUT2D eigenvalue weighted by Gasteiger charge is 2.12. The maximum Gasteiger partial charge on any atom is 0.236 e. The van der Waals surface area contributed by atoms with Gasteiger partial charge in [0.2, 0.25) is 5.91 Å². The highest BCUT2D eigenvalue weighted by molar-refractivity contribution is 7.99. The second-order valence-electron chi connectivity index (χ2n) is 5.46. The second-order valence-corrected chi connectivity index (χ2v) is 7.30. The molecule has 2 N–H and O–H groups in total. The number of aromatic nitrogens is 3. The summed E-state index contributed by atoms with van der Waals surface area (Å²) < 4.78 is 1.96. The zero-order valence-corrected chi connectivity index (χ0v) is 15.3. The van der Waals surface area contributed by atoms with Gasteiger partial charge < -0.3 is 15.0 Å². The summed E-state index contributed by atoms with van der Waals surface area (Å²) in [6.07, 6.45) is 3.47. The molecule has 0 saturated heterocycles. The first-order chi connectivity index (χ1) is 12.1. The Bertz CT molecular complexity index is 829. The lowest BCUT2D eigenvalue weighted by Gasteiger charge is -2.08. The standard InChI is InChI=1S/C17H18N4O2S2/c1-12-2-4-13(5-3-12)8-21-9-14(10-22)19-17(21)25-11-15(23)20-16-18-6-7-24-16/h2-7,9,22H,8,10-11H2,1H3,(H,18,20,23). The molecule has 0 aliphatic heterocycles. The monoisotopic (exact) mass is 374 g/mol. The van der Waals surface area contributed by atoms with Gasteiger partial charge in [-0.25, -0.2) is 9.97 Å². The molecule has 0 fully saturated rings. The Morgan fingerprint density at radius 3 is 2.84 bits per heavy atom. The van der Waals surface area contributed by atoms with Crippen LogP contribution in [0.2, 0.25) is 0 Å². The van der Waals surface area contributed by atoms with Gasteiger partial charge in [-0.15, -0.1) is 11.3 Å². The molecule has 0 saturated carbocycles. The molecule has 0 radical (unpaired) electrons. The van der Waals surface area contributed by atoms with E-state index in [9.17, 15) is 9.90 Å². The number of carbonyl (C=O) groups is 1. The molecule has 25 heavy (non-hydrogen) atoms. The Labute approximate surface area is 153 Å². The minimum Gasteiger partial charge on any atom is -0.390 e. The molecule has 3 rings (SSSR count). The number of hydrogen-bond acceptors (Lipinski definition) is 6. The van der Waals surface area contributed by atoms with Crippen molar-refractivity contribution in [1.29, 1.82) is 0 Å². The second kappa shape index (κ2) is 8.28. The molecule has 1 aromatic carbocycles. The number of aliphatic hydroxyl groups is 1. The molecule has 8 heteroatoms. The van der Waals surface area contributed by atoms with Gasteiger partial charge in [0, 0.05) is 24.3 Å². The fourth-order valence-electron chi connectivity index (χ4n) is 2.22. The molecule has 130 valence electrons. The van der Waals surface area contributed by atoms with Crippen molar-refractivity contribution >= 4 is 34.1 Å². The van der Waals surface area contributed by atoms with Crippen molar-refractivity contribution in [1.82, 2.24) is 14.5 Å². The Hall–Kier alpha value is -2.16. The third-order valence-electron chi connectivity index (χ3n) is 3.44. The van der Waals surface area contributed by atoms with Crippen LogP contribution in [0, 0.1) is 6.92 Å². The van der Waals surface area contributed by atoms with Crippen molar-refractivity contribution in [2.24, 2.45) is 0 Å². The van der Waals surface area contributed by atoms with Crippen LogP contribution in [-0.4, -0.2) is 31.3 Å². The molecule has 2 heterocycles. The number of imidazole rings is 1. The Morgan fingerprint density at radius 1 is 1.36 bits per heavy atom. The Kier molecular flexibility index (Phi) is 5.85. The van der Waals surface area contributed by atoms with Crippen LogP contribution >= 0.6 is 23.1 Å². The number of aryl methyl sites for hydroxylation is 1. The van der Waals surface area contributed by atoms with Crippen LogP contribution in [0.4, 0.5) is 5.13 Å². The molecular weight excluding hydrogens is 356 g/mol. The largest absolute Gasteiger partial charge is 0.390 e. The molecule has 1 amide bonds. The van der Waals surface area contributed by atoms with Gasteiger partial charge in [-0.1, -0.05) is 41.6 Å². The van der Waals surface area contributed by atoms with Crippen molar-refractivity contribution in [3.8, 4) is 0 Å². The van der Waals surface area contributed by atoms with E-state index in [-0.39, 0.29) is 18.3 Å². The highest BCUT2D eigenvalue weighted by Crippen LogP contribution is 2.20. The van der Waals surface area contributed by atoms with Crippen LogP contribution in [0.3, 0.4) is 0 Å². The van der Waals surface area contributed by atoms with Crippen molar-refractivity contribution in [3.05, 3.63) is 58.9 Å². The lowest BCUT2D eigenvalue weighted by atomic mass is 10.1. The Morgan fingerprint density at radius 2 is 2.16 bits per heavy atom. The zero-order chi connectivity index (χ0) is 17.6. The molecule has 6 nitrogen and oxygen atoms in total. The van der Waals surface area contributed by atoms with Gasteiger partial charge in [0.05, 0.1) is 18.1 Å². The number of rotatable bonds is 7. The number of thiazole rings is 1. The summed E-state index contributed by atoms with van der Waals surface area (Å²) in [6, 6.07) is 8.26. The number of hydrogen-bond donors (Lipinski definition) is 2. The molecule has 0 spiro atoms. The van der Waals surface area contributed by atoms with E-state index in [1.54, 1.807) is 6.20 Å². The molecular formula is C17H18N4O2S2. The number of carbonyl (C=O) groups excluding carboxylic acids is 1. The summed E-state index contributed by atoms with van der Waals surface area (Å²) in [7, 11) is 0. The van der Waals surface area contributed by atoms with E-state index in [4.69, 9.17) is 0 Å². The van der Waals surface area contributed by atoms with E-state index in [1.807, 2.05) is 23.1 Å². The van der Waals surface area contributed by atoms with Crippen molar-refractivity contribution < 1.29 is 9.90 Å². The fourth-order valence-corrected chi connectivity index (χ4v) is 3.56. The predicted octanol–water partition coefficient (Wildman–Crippen LogP) is 2.92. The average Bonchev–Trinajstić information content (AvgIpc) is 3.25. The highest BCUT2D eigenvalue weighted by atomic mass is 32.2. The lowest BCUT2D eigenvalue weighted by molar-refractivity contribution is -0.113. The van der Waals surface area contributed by atoms with Gasteiger partial charge >= 0.3 is 0 Å². The first-order valence-corrected chi connectivity index (χ1v) is 9.55. The van der Waals surface area contributed by atoms with Gasteiger partial charge in [0.25, 0.3) is 0 Å². The van der Waals surface area contributed by atoms with Gasteiger partial charge in [-0.05, 0) is 12.5 Å². The minimum atomic E-state index is -0.129. The third kappa shape index (κ3) is 4.91. The lowest BCUT2D eigenvalue weighted by Crippen LogP contribution is -2.14. The van der Waals surface area contributed by atoms with Crippen LogP contribution in [0.15, 0.2) is 47.2 Å². The summed E-state index contributed by atoms with van der Waals surface area (Å²) in [5, 5.41) is 15.2. The van der Waals surface area contributed by atoms with E-state index in [2.05, 4.69) is 39.6 Å². The summed E-state index contributed by atoms with van der Waals surface area (Å²) in [4.78, 5) is 20.4. The van der Waals surface area contributed by atoms with Crippen LogP contribution in [0.1, 0.15) is 16.8 Å². The van der Waals surface area contributed by atoms with E-state index in [1.165, 1.54) is 28.7 Å². The first kappa shape index (κ1) is 17.7. The molecule has 2 aromatic heterocycles. The fraction of sp³-hybridized carbons (Fsp3) is 0.235. The minimum absolute atomic E-state index is 0.125. The van der Waals surface area contributed by atoms with E-state index in [0.29, 0.717) is 22.5 Å². The molecule has 0 aliphatic rings. The molecule has 0 unspecified atom stereocenters. The summed E-state index contributed by atoms with van der Waals surface area (Å²) >= 11 is 2.72. The molecule has 0 bridgehead atoms. The van der Waals surface area contributed by atoms with Gasteiger partial charge in [-0.3, -0.25) is 4.79 Å². The van der Waals surface area contributed by atoms with Crippen LogP contribution in [0.25, 0.3) is 0 Å². The summed E-state index contributed by atoms with van der Waals surface area (Å²) in [6.45, 7) is 2.57. The number of amides is 1. The number of nitrogens with zero attached hydrogens (tertiary/aromatic N) is 3. The van der Waals surface area contributed by atoms with Crippen molar-refractivity contribution in [2.45, 2.75) is 25.2 Å². The number of nitrogens with one attached hydrogen (secondary N) is 1. The normalized spacial score (nSPS) is 10.8. The Balaban J connectivity index is 1.66. The van der Waals surface area contributed by atoms with Crippen LogP contribution in [-0.2, 0) is 17.9 Å². The van der Waals surface area contributed by atoms with E-state index < -0.39 is 0 Å². The van der Waals surface area contributed by atoms with Crippen LogP contribution < -0.4 is 5.32 Å². The van der Waals surface area contributed by atoms with Gasteiger partial charge in [0.15, 0.2) is 10.3 Å². The maximum absolute atomic E-state index is 12.0. The number of thioether (sulfide) groups is 1.